The number of carbonyl (C=O) groups is 2. The first-order valence-corrected chi connectivity index (χ1v) is 7.91. The number of aromatic nitrogens is 1. The van der Waals surface area contributed by atoms with E-state index in [1.165, 1.54) is 18.3 Å². The number of anilines is 2. The molecule has 0 saturated carbocycles. The first-order valence-electron chi connectivity index (χ1n) is 6.72. The SMILES string of the molecule is CC(=O)Nc1cccc(NC(=O)c2nc(Cl)sc2C(C)C)c1. The van der Waals surface area contributed by atoms with Gasteiger partial charge >= 0.3 is 0 Å². The van der Waals surface area contributed by atoms with Gasteiger partial charge in [-0.1, -0.05) is 31.5 Å². The summed E-state index contributed by atoms with van der Waals surface area (Å²) in [5.74, 6) is -0.319. The van der Waals surface area contributed by atoms with Crippen LogP contribution < -0.4 is 10.6 Å². The van der Waals surface area contributed by atoms with Crippen LogP contribution in [0.25, 0.3) is 0 Å². The monoisotopic (exact) mass is 337 g/mol. The fourth-order valence-corrected chi connectivity index (χ4v) is 3.05. The second-order valence-corrected chi connectivity index (χ2v) is 6.66. The molecular formula is C15H16ClN3O2S. The van der Waals surface area contributed by atoms with Crippen LogP contribution in [0.4, 0.5) is 11.4 Å². The summed E-state index contributed by atoms with van der Waals surface area (Å²) in [4.78, 5) is 28.4. The zero-order valence-electron chi connectivity index (χ0n) is 12.4. The smallest absolute Gasteiger partial charge is 0.275 e. The predicted octanol–water partition coefficient (Wildman–Crippen LogP) is 4.13. The molecule has 0 aliphatic rings. The number of amides is 2. The van der Waals surface area contributed by atoms with Crippen molar-refractivity contribution in [3.63, 3.8) is 0 Å². The van der Waals surface area contributed by atoms with Crippen LogP contribution in [0.15, 0.2) is 24.3 Å². The normalized spacial score (nSPS) is 10.6. The van der Waals surface area contributed by atoms with Crippen LogP contribution >= 0.6 is 22.9 Å². The Morgan fingerprint density at radius 1 is 1.23 bits per heavy atom. The maximum atomic E-state index is 12.4. The number of nitrogens with zero attached hydrogens (tertiary/aromatic N) is 1. The molecule has 1 aromatic carbocycles. The summed E-state index contributed by atoms with van der Waals surface area (Å²) in [7, 11) is 0. The zero-order valence-corrected chi connectivity index (χ0v) is 14.0. The fourth-order valence-electron chi connectivity index (χ4n) is 1.93. The summed E-state index contributed by atoms with van der Waals surface area (Å²) in [6, 6.07) is 6.92. The van der Waals surface area contributed by atoms with Crippen molar-refractivity contribution in [1.29, 1.82) is 0 Å². The molecular weight excluding hydrogens is 322 g/mol. The standard InChI is InChI=1S/C15H16ClN3O2S/c1-8(2)13-12(19-15(16)22-13)14(21)18-11-6-4-5-10(7-11)17-9(3)20/h4-8H,1-3H3,(H,17,20)(H,18,21). The van der Waals surface area contributed by atoms with E-state index in [0.29, 0.717) is 21.5 Å². The Morgan fingerprint density at radius 3 is 2.45 bits per heavy atom. The third kappa shape index (κ3) is 4.05. The molecule has 0 spiro atoms. The average molecular weight is 338 g/mol. The Balaban J connectivity index is 2.20. The molecule has 0 aliphatic heterocycles. The Kier molecular flexibility index (Phi) is 5.15. The third-order valence-electron chi connectivity index (χ3n) is 2.81. The first-order chi connectivity index (χ1) is 10.4. The molecule has 0 aliphatic carbocycles. The van der Waals surface area contributed by atoms with Gasteiger partial charge in [0.2, 0.25) is 5.91 Å². The molecule has 1 heterocycles. The van der Waals surface area contributed by atoms with E-state index < -0.39 is 0 Å². The lowest BCUT2D eigenvalue weighted by Gasteiger charge is -2.08. The van der Waals surface area contributed by atoms with Gasteiger partial charge in [-0.3, -0.25) is 9.59 Å². The van der Waals surface area contributed by atoms with E-state index in [1.807, 2.05) is 13.8 Å². The quantitative estimate of drug-likeness (QED) is 0.881. The molecule has 1 aromatic heterocycles. The highest BCUT2D eigenvalue weighted by molar-refractivity contribution is 7.16. The van der Waals surface area contributed by atoms with Gasteiger partial charge in [0.1, 0.15) is 5.69 Å². The molecule has 22 heavy (non-hydrogen) atoms. The second kappa shape index (κ2) is 6.89. The van der Waals surface area contributed by atoms with Crippen molar-refractivity contribution in [2.24, 2.45) is 0 Å². The van der Waals surface area contributed by atoms with Crippen LogP contribution in [-0.2, 0) is 4.79 Å². The number of hydrogen-bond donors (Lipinski definition) is 2. The van der Waals surface area contributed by atoms with Gasteiger partial charge in [-0.2, -0.15) is 0 Å². The van der Waals surface area contributed by atoms with Crippen molar-refractivity contribution in [3.8, 4) is 0 Å². The van der Waals surface area contributed by atoms with E-state index in [9.17, 15) is 9.59 Å². The van der Waals surface area contributed by atoms with Crippen LogP contribution in [0, 0.1) is 0 Å². The molecule has 116 valence electrons. The number of thiazole rings is 1. The molecule has 0 fully saturated rings. The van der Waals surface area contributed by atoms with Crippen LogP contribution in [0.5, 0.6) is 0 Å². The molecule has 0 saturated heterocycles. The number of nitrogens with one attached hydrogen (secondary N) is 2. The highest BCUT2D eigenvalue weighted by Crippen LogP contribution is 2.30. The summed E-state index contributed by atoms with van der Waals surface area (Å²) in [5, 5.41) is 5.44. The van der Waals surface area contributed by atoms with Gasteiger partial charge in [0.25, 0.3) is 5.91 Å². The third-order valence-corrected chi connectivity index (χ3v) is 4.27. The van der Waals surface area contributed by atoms with E-state index in [4.69, 9.17) is 11.6 Å². The minimum absolute atomic E-state index is 0.163. The maximum absolute atomic E-state index is 12.4. The molecule has 0 radical (unpaired) electrons. The van der Waals surface area contributed by atoms with E-state index in [2.05, 4.69) is 15.6 Å². The molecule has 0 bridgehead atoms. The largest absolute Gasteiger partial charge is 0.326 e. The van der Waals surface area contributed by atoms with Crippen molar-refractivity contribution in [2.75, 3.05) is 10.6 Å². The summed E-state index contributed by atoms with van der Waals surface area (Å²) in [6.45, 7) is 5.40. The molecule has 2 rings (SSSR count). The highest BCUT2D eigenvalue weighted by atomic mass is 35.5. The fraction of sp³-hybridized carbons (Fsp3) is 0.267. The van der Waals surface area contributed by atoms with E-state index in [0.717, 1.165) is 4.88 Å². The van der Waals surface area contributed by atoms with Crippen LogP contribution in [-0.4, -0.2) is 16.8 Å². The van der Waals surface area contributed by atoms with Crippen molar-refractivity contribution >= 4 is 46.1 Å². The molecule has 0 unspecified atom stereocenters. The van der Waals surface area contributed by atoms with Crippen molar-refractivity contribution in [1.82, 2.24) is 4.98 Å². The van der Waals surface area contributed by atoms with Gasteiger partial charge in [-0.15, -0.1) is 11.3 Å². The summed E-state index contributed by atoms with van der Waals surface area (Å²) < 4.78 is 0.348. The predicted molar refractivity (Wildman–Crippen MR) is 89.9 cm³/mol. The number of halogens is 1. The van der Waals surface area contributed by atoms with Gasteiger partial charge in [0.05, 0.1) is 0 Å². The molecule has 5 nitrogen and oxygen atoms in total. The Bertz CT molecular complexity index is 713. The van der Waals surface area contributed by atoms with Crippen molar-refractivity contribution in [2.45, 2.75) is 26.7 Å². The first kappa shape index (κ1) is 16.5. The second-order valence-electron chi connectivity index (χ2n) is 5.05. The minimum atomic E-state index is -0.313. The Morgan fingerprint density at radius 2 is 1.86 bits per heavy atom. The number of carbonyl (C=O) groups excluding carboxylic acids is 2. The van der Waals surface area contributed by atoms with Gasteiger partial charge in [-0.25, -0.2) is 4.98 Å². The lowest BCUT2D eigenvalue weighted by atomic mass is 10.1. The average Bonchev–Trinajstić information content (AvgIpc) is 2.81. The van der Waals surface area contributed by atoms with Gasteiger partial charge in [0.15, 0.2) is 4.47 Å². The van der Waals surface area contributed by atoms with Crippen molar-refractivity contribution in [3.05, 3.63) is 39.3 Å². The molecule has 2 aromatic rings. The molecule has 0 atom stereocenters. The number of hydrogen-bond acceptors (Lipinski definition) is 4. The van der Waals surface area contributed by atoms with Gasteiger partial charge < -0.3 is 10.6 Å². The summed E-state index contributed by atoms with van der Waals surface area (Å²) in [5.41, 5.74) is 1.54. The Labute approximate surface area is 137 Å². The van der Waals surface area contributed by atoms with Crippen LogP contribution in [0.2, 0.25) is 4.47 Å². The van der Waals surface area contributed by atoms with Crippen molar-refractivity contribution < 1.29 is 9.59 Å². The van der Waals surface area contributed by atoms with Crippen LogP contribution in [0.3, 0.4) is 0 Å². The number of rotatable bonds is 4. The molecule has 2 amide bonds. The zero-order chi connectivity index (χ0) is 16.3. The number of benzene rings is 1. The van der Waals surface area contributed by atoms with Gasteiger partial charge in [0, 0.05) is 23.2 Å². The van der Waals surface area contributed by atoms with Gasteiger partial charge in [-0.05, 0) is 24.1 Å². The lowest BCUT2D eigenvalue weighted by Crippen LogP contribution is -2.15. The highest BCUT2D eigenvalue weighted by Gasteiger charge is 2.20. The molecule has 2 N–H and O–H groups in total. The summed E-state index contributed by atoms with van der Waals surface area (Å²) >= 11 is 7.23. The van der Waals surface area contributed by atoms with E-state index in [1.54, 1.807) is 24.3 Å². The minimum Gasteiger partial charge on any atom is -0.326 e. The maximum Gasteiger partial charge on any atom is 0.275 e. The Hall–Kier alpha value is -1.92. The topological polar surface area (TPSA) is 71.1 Å². The van der Waals surface area contributed by atoms with E-state index in [-0.39, 0.29) is 17.7 Å². The lowest BCUT2D eigenvalue weighted by molar-refractivity contribution is -0.114. The summed E-state index contributed by atoms with van der Waals surface area (Å²) in [6.07, 6.45) is 0. The van der Waals surface area contributed by atoms with E-state index >= 15 is 0 Å². The molecule has 7 heteroatoms. The van der Waals surface area contributed by atoms with Crippen LogP contribution in [0.1, 0.15) is 42.1 Å².